The number of aldehydes is 1. The average molecular weight is 502 g/mol. The van der Waals surface area contributed by atoms with Crippen molar-refractivity contribution in [3.05, 3.63) is 105 Å². The fraction of sp³-hybridized carbons (Fsp3) is 0.296. The average Bonchev–Trinajstić information content (AvgIpc) is 2.86. The molecular weight excluding hydrogens is 476 g/mol. The highest BCUT2D eigenvalue weighted by atomic mass is 35.5. The Morgan fingerprint density at radius 2 is 1.76 bits per heavy atom. The van der Waals surface area contributed by atoms with Crippen LogP contribution in [0.2, 0.25) is 10.0 Å². The number of carbonyl (C=O) groups is 1. The molecule has 4 rings (SSSR count). The molecule has 1 saturated heterocycles. The summed E-state index contributed by atoms with van der Waals surface area (Å²) in [6.07, 6.45) is 1.01. The molecule has 1 heterocycles. The smallest absolute Gasteiger partial charge is 0.147 e. The fourth-order valence-corrected chi connectivity index (χ4v) is 4.68. The largest absolute Gasteiger partial charge is 0.369 e. The van der Waals surface area contributed by atoms with E-state index in [2.05, 4.69) is 0 Å². The van der Waals surface area contributed by atoms with E-state index in [1.54, 1.807) is 12.1 Å². The molecular formula is C27H26Cl2FNO3. The Morgan fingerprint density at radius 3 is 2.50 bits per heavy atom. The van der Waals surface area contributed by atoms with Gasteiger partial charge in [0.1, 0.15) is 23.8 Å². The van der Waals surface area contributed by atoms with Crippen LogP contribution < -0.4 is 0 Å². The number of benzene rings is 3. The number of likely N-dealkylation sites (tertiary alicyclic amines) is 1. The molecule has 0 unspecified atom stereocenters. The Hall–Kier alpha value is -2.28. The van der Waals surface area contributed by atoms with Crippen molar-refractivity contribution in [1.29, 1.82) is 0 Å². The molecule has 0 aliphatic carbocycles. The zero-order valence-electron chi connectivity index (χ0n) is 18.6. The minimum Gasteiger partial charge on any atom is -0.369 e. The molecule has 1 aliphatic heterocycles. The summed E-state index contributed by atoms with van der Waals surface area (Å²) in [5.41, 5.74) is 1.52. The summed E-state index contributed by atoms with van der Waals surface area (Å²) in [4.78, 5) is 13.2. The van der Waals surface area contributed by atoms with Crippen molar-refractivity contribution in [3.8, 4) is 0 Å². The third-order valence-electron chi connectivity index (χ3n) is 6.22. The Bertz CT molecular complexity index is 1100. The van der Waals surface area contributed by atoms with Crippen molar-refractivity contribution in [2.75, 3.05) is 19.6 Å². The predicted octanol–water partition coefficient (Wildman–Crippen LogP) is 6.03. The Balaban J connectivity index is 1.67. The molecule has 2 atom stereocenters. The normalized spacial score (nSPS) is 20.9. The third kappa shape index (κ3) is 5.68. The molecule has 1 fully saturated rings. The standard InChI is InChI=1S/C27H26Cl2FNO3/c28-23-11-9-22(10-12-23)27(34-18-20-5-2-1-3-6-20)13-14-31(15-16-32)17-25(27)33-19-21-7-4-8-24(29)26(21)30/h1-12,16,25H,13-15,17-19H2/t25-,27+/m0/s1. The summed E-state index contributed by atoms with van der Waals surface area (Å²) in [5, 5.41) is 0.676. The van der Waals surface area contributed by atoms with Crippen molar-refractivity contribution < 1.29 is 18.7 Å². The van der Waals surface area contributed by atoms with E-state index in [0.717, 1.165) is 17.4 Å². The van der Waals surface area contributed by atoms with Gasteiger partial charge in [0.25, 0.3) is 0 Å². The van der Waals surface area contributed by atoms with Gasteiger partial charge in [0, 0.05) is 23.7 Å². The van der Waals surface area contributed by atoms with Crippen LogP contribution in [0.15, 0.2) is 72.8 Å². The maximum atomic E-state index is 14.6. The minimum absolute atomic E-state index is 0.0238. The maximum absolute atomic E-state index is 14.6. The summed E-state index contributed by atoms with van der Waals surface area (Å²) >= 11 is 12.1. The number of hydrogen-bond acceptors (Lipinski definition) is 4. The molecule has 0 bridgehead atoms. The molecule has 7 heteroatoms. The lowest BCUT2D eigenvalue weighted by molar-refractivity contribution is -0.193. The van der Waals surface area contributed by atoms with Gasteiger partial charge in [-0.25, -0.2) is 4.39 Å². The van der Waals surface area contributed by atoms with E-state index in [9.17, 15) is 9.18 Å². The second-order valence-corrected chi connectivity index (χ2v) is 9.20. The van der Waals surface area contributed by atoms with Crippen molar-refractivity contribution >= 4 is 29.5 Å². The molecule has 3 aromatic rings. The van der Waals surface area contributed by atoms with Crippen molar-refractivity contribution in [2.45, 2.75) is 31.3 Å². The van der Waals surface area contributed by atoms with Gasteiger partial charge in [-0.3, -0.25) is 4.90 Å². The molecule has 3 aromatic carbocycles. The van der Waals surface area contributed by atoms with Crippen molar-refractivity contribution in [2.24, 2.45) is 0 Å². The van der Waals surface area contributed by atoms with Gasteiger partial charge in [0.15, 0.2) is 0 Å². The third-order valence-corrected chi connectivity index (χ3v) is 6.76. The highest BCUT2D eigenvalue weighted by Gasteiger charge is 2.46. The minimum atomic E-state index is -0.811. The number of hydrogen-bond donors (Lipinski definition) is 0. The van der Waals surface area contributed by atoms with E-state index in [1.807, 2.05) is 59.5 Å². The van der Waals surface area contributed by atoms with Crippen LogP contribution in [0.25, 0.3) is 0 Å². The molecule has 0 amide bonds. The van der Waals surface area contributed by atoms with E-state index in [-0.39, 0.29) is 11.6 Å². The first-order valence-corrected chi connectivity index (χ1v) is 11.9. The molecule has 4 nitrogen and oxygen atoms in total. The van der Waals surface area contributed by atoms with Crippen LogP contribution in [0.1, 0.15) is 23.1 Å². The van der Waals surface area contributed by atoms with Crippen LogP contribution >= 0.6 is 23.2 Å². The van der Waals surface area contributed by atoms with Gasteiger partial charge in [0.05, 0.1) is 24.8 Å². The summed E-state index contributed by atoms with van der Waals surface area (Å²) in [5.74, 6) is -0.493. The highest BCUT2D eigenvalue weighted by Crippen LogP contribution is 2.40. The first-order valence-electron chi connectivity index (χ1n) is 11.2. The van der Waals surface area contributed by atoms with E-state index < -0.39 is 17.5 Å². The highest BCUT2D eigenvalue weighted by molar-refractivity contribution is 6.31. The van der Waals surface area contributed by atoms with Crippen LogP contribution in [0, 0.1) is 5.82 Å². The monoisotopic (exact) mass is 501 g/mol. The number of halogens is 3. The van der Waals surface area contributed by atoms with Gasteiger partial charge >= 0.3 is 0 Å². The number of carbonyl (C=O) groups excluding carboxylic acids is 1. The zero-order chi connectivity index (χ0) is 24.0. The van der Waals surface area contributed by atoms with Crippen molar-refractivity contribution in [3.63, 3.8) is 0 Å². The molecule has 0 aromatic heterocycles. The lowest BCUT2D eigenvalue weighted by Crippen LogP contribution is -2.56. The maximum Gasteiger partial charge on any atom is 0.147 e. The second kappa shape index (κ2) is 11.4. The second-order valence-electron chi connectivity index (χ2n) is 8.36. The van der Waals surface area contributed by atoms with Crippen LogP contribution in [-0.4, -0.2) is 36.9 Å². The van der Waals surface area contributed by atoms with E-state index in [4.69, 9.17) is 32.7 Å². The number of piperidine rings is 1. The SMILES string of the molecule is O=CCN1CC[C@@](OCc2ccccc2)(c2ccc(Cl)cc2)[C@@H](OCc2cccc(Cl)c2F)C1. The van der Waals surface area contributed by atoms with E-state index in [0.29, 0.717) is 43.2 Å². The van der Waals surface area contributed by atoms with Crippen molar-refractivity contribution in [1.82, 2.24) is 4.90 Å². The van der Waals surface area contributed by atoms with Gasteiger partial charge in [-0.05, 0) is 35.7 Å². The quantitative estimate of drug-likeness (QED) is 0.335. The predicted molar refractivity (Wildman–Crippen MR) is 131 cm³/mol. The molecule has 1 aliphatic rings. The Morgan fingerprint density at radius 1 is 1.00 bits per heavy atom. The lowest BCUT2D eigenvalue weighted by Gasteiger charge is -2.47. The molecule has 34 heavy (non-hydrogen) atoms. The Labute approximate surface area is 209 Å². The number of nitrogens with zero attached hydrogens (tertiary/aromatic N) is 1. The lowest BCUT2D eigenvalue weighted by atomic mass is 9.81. The van der Waals surface area contributed by atoms with E-state index >= 15 is 0 Å². The molecule has 178 valence electrons. The topological polar surface area (TPSA) is 38.8 Å². The van der Waals surface area contributed by atoms with Crippen LogP contribution in [0.3, 0.4) is 0 Å². The molecule has 0 N–H and O–H groups in total. The summed E-state index contributed by atoms with van der Waals surface area (Å²) in [6, 6.07) is 22.3. The van der Waals surface area contributed by atoms with Gasteiger partial charge in [-0.2, -0.15) is 0 Å². The summed E-state index contributed by atoms with van der Waals surface area (Å²) < 4.78 is 27.6. The van der Waals surface area contributed by atoms with Crippen LogP contribution in [0.5, 0.6) is 0 Å². The van der Waals surface area contributed by atoms with Crippen LogP contribution in [0.4, 0.5) is 4.39 Å². The molecule has 0 spiro atoms. The first kappa shape index (κ1) is 24.8. The van der Waals surface area contributed by atoms with Gasteiger partial charge < -0.3 is 14.3 Å². The zero-order valence-corrected chi connectivity index (χ0v) is 20.1. The fourth-order valence-electron chi connectivity index (χ4n) is 4.36. The van der Waals surface area contributed by atoms with Gasteiger partial charge in [0.2, 0.25) is 0 Å². The van der Waals surface area contributed by atoms with Crippen LogP contribution in [-0.2, 0) is 33.1 Å². The molecule has 0 saturated carbocycles. The summed E-state index contributed by atoms with van der Waals surface area (Å²) in [6.45, 7) is 1.80. The van der Waals surface area contributed by atoms with E-state index in [1.165, 1.54) is 6.07 Å². The first-order chi connectivity index (χ1) is 16.5. The van der Waals surface area contributed by atoms with Gasteiger partial charge in [-0.1, -0.05) is 77.8 Å². The molecule has 0 radical (unpaired) electrons. The van der Waals surface area contributed by atoms with Gasteiger partial charge in [-0.15, -0.1) is 0 Å². The number of ether oxygens (including phenoxy) is 2. The summed E-state index contributed by atoms with van der Waals surface area (Å²) in [7, 11) is 0. The Kier molecular flexibility index (Phi) is 8.35. The number of rotatable bonds is 9.